The number of halogens is 1. The fourth-order valence-corrected chi connectivity index (χ4v) is 2.20. The van der Waals surface area contributed by atoms with E-state index in [1.54, 1.807) is 19.2 Å². The van der Waals surface area contributed by atoms with E-state index in [0.29, 0.717) is 12.2 Å². The zero-order valence-corrected chi connectivity index (χ0v) is 12.7. The first-order chi connectivity index (χ1) is 10.6. The Morgan fingerprint density at radius 1 is 1.23 bits per heavy atom. The summed E-state index contributed by atoms with van der Waals surface area (Å²) in [4.78, 5) is 13.0. The van der Waals surface area contributed by atoms with Crippen molar-refractivity contribution in [2.75, 3.05) is 26.0 Å². The van der Waals surface area contributed by atoms with Crippen LogP contribution >= 0.6 is 0 Å². The van der Waals surface area contributed by atoms with Gasteiger partial charge in [-0.05, 0) is 42.5 Å². The van der Waals surface area contributed by atoms with Gasteiger partial charge in [-0.25, -0.2) is 4.39 Å². The normalized spacial score (nSPS) is 11.8. The largest absolute Gasteiger partial charge is 0.497 e. The maximum absolute atomic E-state index is 13.1. The van der Waals surface area contributed by atoms with Crippen molar-refractivity contribution in [1.29, 1.82) is 0 Å². The lowest BCUT2D eigenvalue weighted by atomic mass is 10.2. The third kappa shape index (κ3) is 4.86. The standard InChI is InChI=1S/C17H19FN2O2/c1-20(11-13-6-8-16(22-2)9-7-13)12-17(21)19-15-5-3-4-14(18)10-15/h3-10H,11-12H2,1-2H3,(H,19,21)/p+1. The average molecular weight is 303 g/mol. The van der Waals surface area contributed by atoms with Crippen molar-refractivity contribution in [3.63, 3.8) is 0 Å². The second-order valence-electron chi connectivity index (χ2n) is 5.22. The molecule has 1 unspecified atom stereocenters. The third-order valence-electron chi connectivity index (χ3n) is 3.24. The molecule has 2 aromatic rings. The van der Waals surface area contributed by atoms with E-state index in [9.17, 15) is 9.18 Å². The summed E-state index contributed by atoms with van der Waals surface area (Å²) in [7, 11) is 3.57. The van der Waals surface area contributed by atoms with Crippen LogP contribution in [0.4, 0.5) is 10.1 Å². The molecule has 5 heteroatoms. The van der Waals surface area contributed by atoms with Crippen molar-refractivity contribution in [3.05, 3.63) is 59.9 Å². The topological polar surface area (TPSA) is 42.8 Å². The van der Waals surface area contributed by atoms with Gasteiger partial charge < -0.3 is 15.0 Å². The van der Waals surface area contributed by atoms with E-state index in [4.69, 9.17) is 4.74 Å². The molecule has 2 rings (SSSR count). The number of rotatable bonds is 6. The van der Waals surface area contributed by atoms with Gasteiger partial charge in [-0.3, -0.25) is 4.79 Å². The van der Waals surface area contributed by atoms with E-state index in [1.165, 1.54) is 12.1 Å². The summed E-state index contributed by atoms with van der Waals surface area (Å²) in [6.45, 7) is 1.03. The maximum atomic E-state index is 13.1. The highest BCUT2D eigenvalue weighted by atomic mass is 19.1. The first kappa shape index (κ1) is 16.0. The van der Waals surface area contributed by atoms with Crippen molar-refractivity contribution in [3.8, 4) is 5.75 Å². The maximum Gasteiger partial charge on any atom is 0.279 e. The van der Waals surface area contributed by atoms with Gasteiger partial charge in [-0.2, -0.15) is 0 Å². The summed E-state index contributed by atoms with van der Waals surface area (Å²) in [6.07, 6.45) is 0. The fourth-order valence-electron chi connectivity index (χ4n) is 2.20. The van der Waals surface area contributed by atoms with Crippen molar-refractivity contribution >= 4 is 11.6 Å². The number of methoxy groups -OCH3 is 1. The number of nitrogens with one attached hydrogen (secondary N) is 2. The lowest BCUT2D eigenvalue weighted by Crippen LogP contribution is -3.08. The molecule has 0 radical (unpaired) electrons. The highest BCUT2D eigenvalue weighted by molar-refractivity contribution is 5.91. The molecule has 4 nitrogen and oxygen atoms in total. The molecule has 116 valence electrons. The van der Waals surface area contributed by atoms with Crippen LogP contribution in [0.15, 0.2) is 48.5 Å². The molecule has 1 amide bonds. The number of hydrogen-bond donors (Lipinski definition) is 2. The van der Waals surface area contributed by atoms with Gasteiger partial charge in [0.2, 0.25) is 0 Å². The molecular weight excluding hydrogens is 283 g/mol. The lowest BCUT2D eigenvalue weighted by molar-refractivity contribution is -0.885. The summed E-state index contributed by atoms with van der Waals surface area (Å²) in [5.41, 5.74) is 1.60. The van der Waals surface area contributed by atoms with E-state index < -0.39 is 0 Å². The average Bonchev–Trinajstić information content (AvgIpc) is 2.47. The fraction of sp³-hybridized carbons (Fsp3) is 0.235. The molecule has 22 heavy (non-hydrogen) atoms. The first-order valence-electron chi connectivity index (χ1n) is 7.06. The molecular formula is C17H20FN2O2+. The van der Waals surface area contributed by atoms with E-state index in [2.05, 4.69) is 5.32 Å². The number of ether oxygens (including phenoxy) is 1. The van der Waals surface area contributed by atoms with Gasteiger partial charge >= 0.3 is 0 Å². The zero-order valence-electron chi connectivity index (χ0n) is 12.7. The minimum atomic E-state index is -0.364. The Bertz CT molecular complexity index is 629. The Labute approximate surface area is 129 Å². The van der Waals surface area contributed by atoms with Crippen LogP contribution in [-0.4, -0.2) is 26.6 Å². The van der Waals surface area contributed by atoms with Gasteiger partial charge in [0.1, 0.15) is 18.1 Å². The number of anilines is 1. The van der Waals surface area contributed by atoms with Gasteiger partial charge in [0.25, 0.3) is 5.91 Å². The molecule has 0 aromatic heterocycles. The highest BCUT2D eigenvalue weighted by Gasteiger charge is 2.11. The van der Waals surface area contributed by atoms with E-state index in [0.717, 1.165) is 22.8 Å². The van der Waals surface area contributed by atoms with Crippen molar-refractivity contribution in [2.24, 2.45) is 0 Å². The molecule has 0 heterocycles. The van der Waals surface area contributed by atoms with Gasteiger partial charge in [-0.1, -0.05) is 6.07 Å². The predicted octanol–water partition coefficient (Wildman–Crippen LogP) is 1.49. The summed E-state index contributed by atoms with van der Waals surface area (Å²) in [5.74, 6) is 0.304. The van der Waals surface area contributed by atoms with Crippen LogP contribution < -0.4 is 15.0 Å². The van der Waals surface area contributed by atoms with Crippen LogP contribution in [0, 0.1) is 5.82 Å². The SMILES string of the molecule is COc1ccc(C[NH+](C)CC(=O)Nc2cccc(F)c2)cc1. The molecule has 0 aliphatic rings. The van der Waals surface area contributed by atoms with Gasteiger partial charge in [0.05, 0.1) is 14.2 Å². The third-order valence-corrected chi connectivity index (χ3v) is 3.24. The Hall–Kier alpha value is -2.40. The van der Waals surface area contributed by atoms with Crippen LogP contribution in [0.2, 0.25) is 0 Å². The minimum absolute atomic E-state index is 0.142. The monoisotopic (exact) mass is 303 g/mol. The predicted molar refractivity (Wildman–Crippen MR) is 83.5 cm³/mol. The Kier molecular flexibility index (Phi) is 5.49. The molecule has 0 saturated heterocycles. The van der Waals surface area contributed by atoms with E-state index in [-0.39, 0.29) is 11.7 Å². The highest BCUT2D eigenvalue weighted by Crippen LogP contribution is 2.10. The number of quaternary nitrogens is 1. The molecule has 0 aliphatic carbocycles. The number of carbonyl (C=O) groups excluding carboxylic acids is 1. The quantitative estimate of drug-likeness (QED) is 0.849. The number of carbonyl (C=O) groups is 1. The van der Waals surface area contributed by atoms with Gasteiger partial charge in [0, 0.05) is 11.3 Å². The first-order valence-corrected chi connectivity index (χ1v) is 7.06. The number of likely N-dealkylation sites (N-methyl/N-ethyl adjacent to an activating group) is 1. The Balaban J connectivity index is 1.85. The molecule has 0 saturated carbocycles. The molecule has 2 N–H and O–H groups in total. The van der Waals surface area contributed by atoms with Crippen LogP contribution in [0.3, 0.4) is 0 Å². The minimum Gasteiger partial charge on any atom is -0.497 e. The van der Waals surface area contributed by atoms with E-state index >= 15 is 0 Å². The number of benzene rings is 2. The lowest BCUT2D eigenvalue weighted by Gasteiger charge is -2.14. The van der Waals surface area contributed by atoms with E-state index in [1.807, 2.05) is 31.3 Å². The number of amides is 1. The second kappa shape index (κ2) is 7.56. The van der Waals surface area contributed by atoms with Gasteiger partial charge in [0.15, 0.2) is 6.54 Å². The summed E-state index contributed by atoms with van der Waals surface area (Å²) in [5, 5.41) is 2.70. The van der Waals surface area contributed by atoms with Crippen LogP contribution in [0.25, 0.3) is 0 Å². The second-order valence-corrected chi connectivity index (χ2v) is 5.22. The van der Waals surface area contributed by atoms with Crippen LogP contribution in [0.5, 0.6) is 5.75 Å². The molecule has 2 aromatic carbocycles. The van der Waals surface area contributed by atoms with Crippen molar-refractivity contribution in [2.45, 2.75) is 6.54 Å². The summed E-state index contributed by atoms with van der Waals surface area (Å²) >= 11 is 0. The number of hydrogen-bond acceptors (Lipinski definition) is 2. The van der Waals surface area contributed by atoms with Crippen molar-refractivity contribution < 1.29 is 18.8 Å². The smallest absolute Gasteiger partial charge is 0.279 e. The van der Waals surface area contributed by atoms with Crippen LogP contribution in [0.1, 0.15) is 5.56 Å². The zero-order chi connectivity index (χ0) is 15.9. The molecule has 0 bridgehead atoms. The molecule has 1 atom stereocenters. The molecule has 0 fully saturated rings. The van der Waals surface area contributed by atoms with Crippen LogP contribution in [-0.2, 0) is 11.3 Å². The van der Waals surface area contributed by atoms with Crippen molar-refractivity contribution in [1.82, 2.24) is 0 Å². The summed E-state index contributed by atoms with van der Waals surface area (Å²) in [6, 6.07) is 13.6. The summed E-state index contributed by atoms with van der Waals surface area (Å²) < 4.78 is 18.2. The Morgan fingerprint density at radius 2 is 1.95 bits per heavy atom. The van der Waals surface area contributed by atoms with Gasteiger partial charge in [-0.15, -0.1) is 0 Å². The Morgan fingerprint density at radius 3 is 2.59 bits per heavy atom. The molecule has 0 aliphatic heterocycles. The molecule has 0 spiro atoms.